The molecule has 3 aliphatic rings. The first kappa shape index (κ1) is 14.0. The van der Waals surface area contributed by atoms with E-state index in [1.807, 2.05) is 11.9 Å². The molecule has 1 saturated heterocycles. The quantitative estimate of drug-likeness (QED) is 0.782. The van der Waals surface area contributed by atoms with Crippen molar-refractivity contribution in [2.45, 2.75) is 44.6 Å². The topological polar surface area (TPSA) is 55.2 Å². The van der Waals surface area contributed by atoms with E-state index in [0.29, 0.717) is 23.8 Å². The Morgan fingerprint density at radius 1 is 1.32 bits per heavy atom. The van der Waals surface area contributed by atoms with Crippen LogP contribution in [0, 0.1) is 17.8 Å². The lowest BCUT2D eigenvalue weighted by Crippen LogP contribution is -2.38. The van der Waals surface area contributed by atoms with E-state index in [1.165, 1.54) is 12.8 Å². The summed E-state index contributed by atoms with van der Waals surface area (Å²) in [6.07, 6.45) is 9.52. The molecule has 5 nitrogen and oxygen atoms in total. The van der Waals surface area contributed by atoms with Gasteiger partial charge in [-0.25, -0.2) is 0 Å². The molecule has 0 unspecified atom stereocenters. The summed E-state index contributed by atoms with van der Waals surface area (Å²) in [6, 6.07) is 0.0978. The van der Waals surface area contributed by atoms with E-state index < -0.39 is 0 Å². The van der Waals surface area contributed by atoms with E-state index in [9.17, 15) is 9.59 Å². The van der Waals surface area contributed by atoms with Crippen LogP contribution in [0.15, 0.2) is 12.4 Å². The predicted molar refractivity (Wildman–Crippen MR) is 81.2 cm³/mol. The van der Waals surface area contributed by atoms with Crippen molar-refractivity contribution >= 4 is 11.7 Å². The number of hydrogen-bond donors (Lipinski definition) is 0. The Kier molecular flexibility index (Phi) is 3.31. The van der Waals surface area contributed by atoms with E-state index in [1.54, 1.807) is 17.1 Å². The molecule has 0 N–H and O–H groups in total. The van der Waals surface area contributed by atoms with Gasteiger partial charge in [0.15, 0.2) is 5.78 Å². The van der Waals surface area contributed by atoms with Crippen molar-refractivity contribution in [2.24, 2.45) is 24.8 Å². The fraction of sp³-hybridized carbons (Fsp3) is 0.706. The average Bonchev–Trinajstić information content (AvgIpc) is 3.38. The first-order valence-electron chi connectivity index (χ1n) is 8.46. The molecule has 5 heteroatoms. The number of nitrogens with zero attached hydrogens (tertiary/aromatic N) is 3. The lowest BCUT2D eigenvalue weighted by molar-refractivity contribution is -0.133. The Morgan fingerprint density at radius 2 is 2.14 bits per heavy atom. The van der Waals surface area contributed by atoms with Gasteiger partial charge in [-0.05, 0) is 43.9 Å². The van der Waals surface area contributed by atoms with Crippen LogP contribution in [-0.4, -0.2) is 39.0 Å². The average molecular weight is 301 g/mol. The highest BCUT2D eigenvalue weighted by Gasteiger charge is 2.53. The van der Waals surface area contributed by atoms with Crippen LogP contribution in [0.1, 0.15) is 48.9 Å². The van der Waals surface area contributed by atoms with E-state index in [2.05, 4.69) is 5.10 Å². The van der Waals surface area contributed by atoms with Gasteiger partial charge in [-0.2, -0.15) is 5.10 Å². The number of aromatic nitrogens is 2. The van der Waals surface area contributed by atoms with Crippen LogP contribution in [-0.2, 0) is 11.8 Å². The van der Waals surface area contributed by atoms with Crippen molar-refractivity contribution < 1.29 is 9.59 Å². The van der Waals surface area contributed by atoms with Crippen LogP contribution < -0.4 is 0 Å². The number of likely N-dealkylation sites (tertiary alicyclic amines) is 1. The van der Waals surface area contributed by atoms with Gasteiger partial charge in [0, 0.05) is 38.2 Å². The van der Waals surface area contributed by atoms with Gasteiger partial charge in [0.25, 0.3) is 0 Å². The van der Waals surface area contributed by atoms with Crippen LogP contribution in [0.25, 0.3) is 0 Å². The Morgan fingerprint density at radius 3 is 2.82 bits per heavy atom. The monoisotopic (exact) mass is 301 g/mol. The summed E-state index contributed by atoms with van der Waals surface area (Å²) in [5.41, 5.74) is 0.657. The summed E-state index contributed by atoms with van der Waals surface area (Å²) in [7, 11) is 1.81. The summed E-state index contributed by atoms with van der Waals surface area (Å²) >= 11 is 0. The summed E-state index contributed by atoms with van der Waals surface area (Å²) in [5, 5.41) is 4.06. The molecule has 1 amide bonds. The first-order valence-corrected chi connectivity index (χ1v) is 8.46. The van der Waals surface area contributed by atoms with Gasteiger partial charge < -0.3 is 4.90 Å². The number of aryl methyl sites for hydroxylation is 1. The van der Waals surface area contributed by atoms with Crippen LogP contribution in [0.4, 0.5) is 0 Å². The van der Waals surface area contributed by atoms with E-state index in [-0.39, 0.29) is 17.7 Å². The van der Waals surface area contributed by atoms with Crippen LogP contribution in [0.3, 0.4) is 0 Å². The molecule has 0 bridgehead atoms. The minimum absolute atomic E-state index is 0.0978. The van der Waals surface area contributed by atoms with Gasteiger partial charge in [0.2, 0.25) is 5.91 Å². The molecule has 0 aromatic carbocycles. The second-order valence-corrected chi connectivity index (χ2v) is 7.20. The fourth-order valence-electron chi connectivity index (χ4n) is 3.99. The number of rotatable bonds is 5. The summed E-state index contributed by atoms with van der Waals surface area (Å²) in [4.78, 5) is 27.0. The van der Waals surface area contributed by atoms with Gasteiger partial charge >= 0.3 is 0 Å². The molecule has 3 fully saturated rings. The molecular formula is C17H23N3O2. The zero-order valence-electron chi connectivity index (χ0n) is 13.1. The molecule has 1 aliphatic heterocycles. The third kappa shape index (κ3) is 2.57. The zero-order chi connectivity index (χ0) is 15.3. The second kappa shape index (κ2) is 5.21. The third-order valence-corrected chi connectivity index (χ3v) is 5.49. The maximum absolute atomic E-state index is 12.7. The number of ketones is 1. The molecule has 0 radical (unpaired) electrons. The van der Waals surface area contributed by atoms with Gasteiger partial charge in [-0.1, -0.05) is 0 Å². The number of hydrogen-bond acceptors (Lipinski definition) is 3. The highest BCUT2D eigenvalue weighted by molar-refractivity contribution is 5.96. The Labute approximate surface area is 130 Å². The first-order chi connectivity index (χ1) is 10.6. The SMILES string of the molecule is Cn1cc(C(=O)C[C@@H]2CCCN2C(=O)[C@H]2C[C@@H]2C2CC2)cn1. The minimum Gasteiger partial charge on any atom is -0.339 e. The molecule has 3 atom stereocenters. The van der Waals surface area contributed by atoms with Crippen LogP contribution in [0.5, 0.6) is 0 Å². The fourth-order valence-corrected chi connectivity index (χ4v) is 3.99. The number of carbonyl (C=O) groups excluding carboxylic acids is 2. The molecular weight excluding hydrogens is 278 g/mol. The Bertz CT molecular complexity index is 605. The van der Waals surface area contributed by atoms with E-state index >= 15 is 0 Å². The normalized spacial score (nSPS) is 30.6. The summed E-state index contributed by atoms with van der Waals surface area (Å²) < 4.78 is 1.65. The van der Waals surface area contributed by atoms with Crippen molar-refractivity contribution in [1.82, 2.24) is 14.7 Å². The lowest BCUT2D eigenvalue weighted by atomic mass is 10.0. The highest BCUT2D eigenvalue weighted by atomic mass is 16.2. The predicted octanol–water partition coefficient (Wildman–Crippen LogP) is 2.03. The third-order valence-electron chi connectivity index (χ3n) is 5.49. The number of carbonyl (C=O) groups is 2. The van der Waals surface area contributed by atoms with Gasteiger partial charge in [-0.3, -0.25) is 14.3 Å². The Balaban J connectivity index is 1.38. The van der Waals surface area contributed by atoms with Gasteiger partial charge in [0.1, 0.15) is 0 Å². The second-order valence-electron chi connectivity index (χ2n) is 7.20. The maximum Gasteiger partial charge on any atom is 0.226 e. The van der Waals surface area contributed by atoms with Crippen molar-refractivity contribution in [3.05, 3.63) is 18.0 Å². The molecule has 1 aromatic heterocycles. The molecule has 118 valence electrons. The Hall–Kier alpha value is -1.65. The molecule has 22 heavy (non-hydrogen) atoms. The molecule has 2 heterocycles. The zero-order valence-corrected chi connectivity index (χ0v) is 13.1. The summed E-state index contributed by atoms with van der Waals surface area (Å²) in [6.45, 7) is 0.831. The summed E-state index contributed by atoms with van der Waals surface area (Å²) in [5.74, 6) is 2.17. The van der Waals surface area contributed by atoms with Crippen LogP contribution in [0.2, 0.25) is 0 Å². The molecule has 4 rings (SSSR count). The van der Waals surface area contributed by atoms with Crippen molar-refractivity contribution in [3.8, 4) is 0 Å². The van der Waals surface area contributed by atoms with Crippen molar-refractivity contribution in [1.29, 1.82) is 0 Å². The standard InChI is InChI=1S/C17H23N3O2/c1-19-10-12(9-18-19)16(21)7-13-3-2-6-20(13)17(22)15-8-14(15)11-4-5-11/h9-11,13-15H,2-8H2,1H3/t13-,14+,15-/m0/s1. The molecule has 1 aromatic rings. The van der Waals surface area contributed by atoms with Crippen LogP contribution >= 0.6 is 0 Å². The van der Waals surface area contributed by atoms with Gasteiger partial charge in [-0.15, -0.1) is 0 Å². The molecule has 0 spiro atoms. The molecule has 2 saturated carbocycles. The highest BCUT2D eigenvalue weighted by Crippen LogP contribution is 2.55. The van der Waals surface area contributed by atoms with E-state index in [0.717, 1.165) is 31.7 Å². The van der Waals surface area contributed by atoms with Crippen molar-refractivity contribution in [3.63, 3.8) is 0 Å². The van der Waals surface area contributed by atoms with E-state index in [4.69, 9.17) is 0 Å². The lowest BCUT2D eigenvalue weighted by Gasteiger charge is -2.24. The van der Waals surface area contributed by atoms with Gasteiger partial charge in [0.05, 0.1) is 11.8 Å². The number of Topliss-reactive ketones (excluding diaryl/α,β-unsaturated/α-hetero) is 1. The van der Waals surface area contributed by atoms with Crippen molar-refractivity contribution in [2.75, 3.05) is 6.54 Å². The smallest absolute Gasteiger partial charge is 0.226 e. The largest absolute Gasteiger partial charge is 0.339 e. The maximum atomic E-state index is 12.7. The minimum atomic E-state index is 0.0978. The number of amides is 1. The molecule has 2 aliphatic carbocycles.